The molecule has 1 aromatic carbocycles. The van der Waals surface area contributed by atoms with E-state index >= 15 is 0 Å². The van der Waals surface area contributed by atoms with Crippen LogP contribution in [0.1, 0.15) is 36.0 Å². The van der Waals surface area contributed by atoms with Crippen LogP contribution >= 0.6 is 0 Å². The van der Waals surface area contributed by atoms with E-state index in [1.165, 1.54) is 12.1 Å². The molecular formula is C13H14LiNO3. The molecule has 1 aromatic rings. The van der Waals surface area contributed by atoms with Crippen molar-refractivity contribution >= 4 is 17.6 Å². The molecule has 18 heavy (non-hydrogen) atoms. The maximum absolute atomic E-state index is 11.8. The summed E-state index contributed by atoms with van der Waals surface area (Å²) in [6, 6.07) is 6.02. The third-order valence-corrected chi connectivity index (χ3v) is 3.11. The summed E-state index contributed by atoms with van der Waals surface area (Å²) in [5.74, 6) is -1.07. The van der Waals surface area contributed by atoms with E-state index in [1.54, 1.807) is 12.1 Å². The molecule has 1 saturated carbocycles. The van der Waals surface area contributed by atoms with E-state index in [2.05, 4.69) is 5.32 Å². The fraction of sp³-hybridized carbons (Fsp3) is 0.385. The van der Waals surface area contributed by atoms with E-state index in [9.17, 15) is 14.7 Å². The Morgan fingerprint density at radius 1 is 1.11 bits per heavy atom. The second-order valence-corrected chi connectivity index (χ2v) is 4.34. The Morgan fingerprint density at radius 2 is 1.67 bits per heavy atom. The van der Waals surface area contributed by atoms with Crippen LogP contribution in [-0.2, 0) is 4.79 Å². The monoisotopic (exact) mass is 239 g/mol. The van der Waals surface area contributed by atoms with E-state index in [-0.39, 0.29) is 36.2 Å². The summed E-state index contributed by atoms with van der Waals surface area (Å²) in [4.78, 5) is 22.3. The van der Waals surface area contributed by atoms with Crippen molar-refractivity contribution in [3.63, 3.8) is 0 Å². The predicted molar refractivity (Wildman–Crippen MR) is 61.4 cm³/mol. The molecule has 2 rings (SSSR count). The summed E-state index contributed by atoms with van der Waals surface area (Å²) in [5.41, 5.74) is 0.746. The Kier molecular flexibility index (Phi) is 5.45. The molecule has 90 valence electrons. The fourth-order valence-electron chi connectivity index (χ4n) is 2.12. The number of anilines is 1. The number of hydrogen-bond acceptors (Lipinski definition) is 3. The number of aromatic carboxylic acids is 1. The van der Waals surface area contributed by atoms with E-state index in [4.69, 9.17) is 0 Å². The number of carbonyl (C=O) groups excluding carboxylic acids is 2. The first kappa shape index (κ1) is 14.8. The Balaban J connectivity index is 0.00000162. The number of carboxylic acids is 1. The molecule has 0 atom stereocenters. The van der Waals surface area contributed by atoms with E-state index < -0.39 is 5.97 Å². The Bertz CT molecular complexity index is 424. The second kappa shape index (κ2) is 6.63. The van der Waals surface area contributed by atoms with Gasteiger partial charge in [0, 0.05) is 11.6 Å². The summed E-state index contributed by atoms with van der Waals surface area (Å²) >= 11 is 0. The summed E-state index contributed by atoms with van der Waals surface area (Å²) in [5, 5.41) is 13.3. The average molecular weight is 239 g/mol. The van der Waals surface area contributed by atoms with Crippen LogP contribution in [0.4, 0.5) is 5.69 Å². The molecule has 0 unspecified atom stereocenters. The number of nitrogens with one attached hydrogen (secondary N) is 1. The number of amides is 1. The van der Waals surface area contributed by atoms with Crippen molar-refractivity contribution in [3.05, 3.63) is 29.8 Å². The minimum Gasteiger partial charge on any atom is -0.545 e. The van der Waals surface area contributed by atoms with Crippen LogP contribution < -0.4 is 29.3 Å². The standard InChI is InChI=1S/C13H15NO3.Li/c15-12(9-3-1-2-4-9)14-11-7-5-10(6-8-11)13(16)17;/h5-9H,1-4H2,(H,14,15)(H,16,17);/q;+1/p-1. The molecule has 0 saturated heterocycles. The molecule has 1 amide bonds. The molecule has 1 aliphatic carbocycles. The van der Waals surface area contributed by atoms with Crippen molar-refractivity contribution in [1.82, 2.24) is 0 Å². The van der Waals surface area contributed by atoms with Crippen LogP contribution in [0.5, 0.6) is 0 Å². The van der Waals surface area contributed by atoms with Gasteiger partial charge in [0.1, 0.15) is 0 Å². The smallest absolute Gasteiger partial charge is 0.545 e. The molecule has 5 heteroatoms. The molecule has 4 nitrogen and oxygen atoms in total. The van der Waals surface area contributed by atoms with Crippen LogP contribution in [-0.4, -0.2) is 11.9 Å². The Labute approximate surface area is 118 Å². The van der Waals surface area contributed by atoms with Crippen LogP contribution in [0.2, 0.25) is 0 Å². The summed E-state index contributed by atoms with van der Waals surface area (Å²) < 4.78 is 0. The quantitative estimate of drug-likeness (QED) is 0.632. The zero-order chi connectivity index (χ0) is 12.3. The number of carboxylic acid groups (broad SMARTS) is 1. The van der Waals surface area contributed by atoms with Gasteiger partial charge in [0.05, 0.1) is 5.97 Å². The molecule has 1 fully saturated rings. The van der Waals surface area contributed by atoms with Gasteiger partial charge in [-0.25, -0.2) is 0 Å². The largest absolute Gasteiger partial charge is 1.00 e. The van der Waals surface area contributed by atoms with Gasteiger partial charge in [0.15, 0.2) is 0 Å². The normalized spacial score (nSPS) is 14.9. The van der Waals surface area contributed by atoms with Gasteiger partial charge in [-0.1, -0.05) is 25.0 Å². The van der Waals surface area contributed by atoms with Crippen LogP contribution in [0.3, 0.4) is 0 Å². The zero-order valence-corrected chi connectivity index (χ0v) is 10.4. The molecule has 1 N–H and O–H groups in total. The van der Waals surface area contributed by atoms with Gasteiger partial charge in [-0.15, -0.1) is 0 Å². The van der Waals surface area contributed by atoms with Crippen molar-refractivity contribution in [2.24, 2.45) is 5.92 Å². The van der Waals surface area contributed by atoms with Crippen molar-refractivity contribution in [2.45, 2.75) is 25.7 Å². The van der Waals surface area contributed by atoms with Gasteiger partial charge in [-0.05, 0) is 30.5 Å². The van der Waals surface area contributed by atoms with E-state index in [1.807, 2.05) is 0 Å². The van der Waals surface area contributed by atoms with Crippen molar-refractivity contribution in [1.29, 1.82) is 0 Å². The molecule has 0 spiro atoms. The van der Waals surface area contributed by atoms with Gasteiger partial charge in [-0.3, -0.25) is 4.79 Å². The van der Waals surface area contributed by atoms with E-state index in [0.29, 0.717) is 5.69 Å². The fourth-order valence-corrected chi connectivity index (χ4v) is 2.12. The predicted octanol–water partition coefficient (Wildman–Crippen LogP) is -1.82. The maximum Gasteiger partial charge on any atom is 1.00 e. The first-order valence-electron chi connectivity index (χ1n) is 5.79. The van der Waals surface area contributed by atoms with Crippen LogP contribution in [0, 0.1) is 5.92 Å². The SMILES string of the molecule is O=C([O-])c1ccc(NC(=O)C2CCCC2)cc1.[Li+]. The van der Waals surface area contributed by atoms with E-state index in [0.717, 1.165) is 25.7 Å². The molecule has 0 bridgehead atoms. The van der Waals surface area contributed by atoms with Crippen LogP contribution in [0.25, 0.3) is 0 Å². The van der Waals surface area contributed by atoms with Gasteiger partial charge in [0.2, 0.25) is 5.91 Å². The topological polar surface area (TPSA) is 69.2 Å². The first-order chi connectivity index (χ1) is 8.16. The minimum absolute atomic E-state index is 0. The van der Waals surface area contributed by atoms with Gasteiger partial charge in [0.25, 0.3) is 0 Å². The van der Waals surface area contributed by atoms with Crippen molar-refractivity contribution in [2.75, 3.05) is 5.32 Å². The summed E-state index contributed by atoms with van der Waals surface area (Å²) in [6.07, 6.45) is 4.12. The van der Waals surface area contributed by atoms with Gasteiger partial charge >= 0.3 is 18.9 Å². The molecule has 0 radical (unpaired) electrons. The third kappa shape index (κ3) is 3.63. The summed E-state index contributed by atoms with van der Waals surface area (Å²) in [7, 11) is 0. The Hall–Kier alpha value is -1.24. The minimum atomic E-state index is -1.21. The zero-order valence-electron chi connectivity index (χ0n) is 10.4. The molecule has 0 aromatic heterocycles. The maximum atomic E-state index is 11.8. The van der Waals surface area contributed by atoms with Gasteiger partial charge in [-0.2, -0.15) is 0 Å². The van der Waals surface area contributed by atoms with Crippen LogP contribution in [0.15, 0.2) is 24.3 Å². The first-order valence-corrected chi connectivity index (χ1v) is 5.79. The molecule has 1 aliphatic rings. The average Bonchev–Trinajstić information content (AvgIpc) is 2.83. The summed E-state index contributed by atoms with van der Waals surface area (Å²) in [6.45, 7) is 0. The number of hydrogen-bond donors (Lipinski definition) is 1. The number of carbonyl (C=O) groups is 2. The van der Waals surface area contributed by atoms with Crippen molar-refractivity contribution in [3.8, 4) is 0 Å². The molecular weight excluding hydrogens is 225 g/mol. The van der Waals surface area contributed by atoms with Gasteiger partial charge < -0.3 is 15.2 Å². The molecule has 0 heterocycles. The number of benzene rings is 1. The second-order valence-electron chi connectivity index (χ2n) is 4.34. The number of rotatable bonds is 3. The Morgan fingerprint density at radius 3 is 2.17 bits per heavy atom. The third-order valence-electron chi connectivity index (χ3n) is 3.11. The van der Waals surface area contributed by atoms with Crippen molar-refractivity contribution < 1.29 is 33.6 Å². The molecule has 0 aliphatic heterocycles.